The summed E-state index contributed by atoms with van der Waals surface area (Å²) in [6.45, 7) is 0.242. The molecule has 0 aliphatic carbocycles. The Kier molecular flexibility index (Phi) is 4.49. The van der Waals surface area contributed by atoms with Gasteiger partial charge in [0, 0.05) is 25.4 Å². The summed E-state index contributed by atoms with van der Waals surface area (Å²) in [7, 11) is 0. The van der Waals surface area contributed by atoms with Gasteiger partial charge in [0.2, 0.25) is 0 Å². The summed E-state index contributed by atoms with van der Waals surface area (Å²) < 4.78 is 18.3. The minimum absolute atomic E-state index is 0.0729. The molecule has 0 aliphatic rings. The number of benzene rings is 1. The van der Waals surface area contributed by atoms with E-state index in [-0.39, 0.29) is 18.3 Å². The van der Waals surface area contributed by atoms with Crippen LogP contribution in [-0.2, 0) is 11.2 Å². The maximum Gasteiger partial charge on any atom is 0.257 e. The van der Waals surface area contributed by atoms with Crippen molar-refractivity contribution in [2.75, 3.05) is 13.2 Å². The number of aromatic nitrogens is 2. The van der Waals surface area contributed by atoms with Gasteiger partial charge in [-0.3, -0.25) is 4.79 Å². The molecule has 100 valence electrons. The van der Waals surface area contributed by atoms with Crippen LogP contribution in [0.4, 0.5) is 4.39 Å². The van der Waals surface area contributed by atoms with Gasteiger partial charge in [-0.25, -0.2) is 9.37 Å². The first-order chi connectivity index (χ1) is 9.25. The Balaban J connectivity index is 1.69. The molecule has 0 unspecified atom stereocenters. The van der Waals surface area contributed by atoms with Crippen molar-refractivity contribution in [3.63, 3.8) is 0 Å². The zero-order valence-electron chi connectivity index (χ0n) is 10.2. The molecule has 0 fully saturated rings. The average molecular weight is 263 g/mol. The van der Waals surface area contributed by atoms with Crippen molar-refractivity contribution in [3.05, 3.63) is 48.3 Å². The Morgan fingerprint density at radius 2 is 2.26 bits per heavy atom. The van der Waals surface area contributed by atoms with E-state index in [2.05, 4.69) is 15.3 Å². The maximum absolute atomic E-state index is 13.2. The van der Waals surface area contributed by atoms with Crippen LogP contribution in [0.2, 0.25) is 0 Å². The van der Waals surface area contributed by atoms with E-state index in [1.54, 1.807) is 24.5 Å². The van der Waals surface area contributed by atoms with Crippen LogP contribution >= 0.6 is 0 Å². The predicted octanol–water partition coefficient (Wildman–Crippen LogP) is 1.29. The highest BCUT2D eigenvalue weighted by Crippen LogP contribution is 2.14. The zero-order chi connectivity index (χ0) is 13.5. The highest BCUT2D eigenvalue weighted by Gasteiger charge is 2.05. The number of carbonyl (C=O) groups is 1. The van der Waals surface area contributed by atoms with Crippen LogP contribution < -0.4 is 10.1 Å². The number of aromatic amines is 1. The number of ether oxygens (including phenoxy) is 1. The van der Waals surface area contributed by atoms with Crippen LogP contribution in [0.25, 0.3) is 0 Å². The van der Waals surface area contributed by atoms with Crippen molar-refractivity contribution < 1.29 is 13.9 Å². The molecule has 0 radical (unpaired) electrons. The number of hydrogen-bond donors (Lipinski definition) is 2. The van der Waals surface area contributed by atoms with Gasteiger partial charge in [0.05, 0.1) is 0 Å². The van der Waals surface area contributed by atoms with Crippen molar-refractivity contribution in [1.82, 2.24) is 15.3 Å². The molecule has 1 heterocycles. The molecule has 2 aromatic rings. The van der Waals surface area contributed by atoms with Crippen molar-refractivity contribution in [2.45, 2.75) is 6.42 Å². The molecule has 0 bridgehead atoms. The number of carbonyl (C=O) groups excluding carboxylic acids is 1. The number of halogens is 1. The number of nitrogens with one attached hydrogen (secondary N) is 2. The predicted molar refractivity (Wildman–Crippen MR) is 67.2 cm³/mol. The molecule has 0 aliphatic heterocycles. The molecule has 0 saturated heterocycles. The molecule has 2 rings (SSSR count). The third kappa shape index (κ3) is 4.09. The molecule has 2 N–H and O–H groups in total. The first-order valence-corrected chi connectivity index (χ1v) is 5.88. The molecule has 0 atom stereocenters. The molecular weight excluding hydrogens is 249 g/mol. The van der Waals surface area contributed by atoms with Gasteiger partial charge >= 0.3 is 0 Å². The van der Waals surface area contributed by atoms with Crippen molar-refractivity contribution >= 4 is 5.91 Å². The fourth-order valence-electron chi connectivity index (χ4n) is 1.51. The summed E-state index contributed by atoms with van der Waals surface area (Å²) in [6, 6.07) is 5.97. The van der Waals surface area contributed by atoms with E-state index in [0.29, 0.717) is 13.0 Å². The lowest BCUT2D eigenvalue weighted by molar-refractivity contribution is -0.123. The monoisotopic (exact) mass is 263 g/mol. The number of H-pyrrole nitrogens is 1. The van der Waals surface area contributed by atoms with Crippen LogP contribution in [0.3, 0.4) is 0 Å². The second-order valence-corrected chi connectivity index (χ2v) is 3.85. The summed E-state index contributed by atoms with van der Waals surface area (Å²) in [5.41, 5.74) is 0. The molecule has 0 saturated carbocycles. The Hall–Kier alpha value is -2.37. The number of hydrogen-bond acceptors (Lipinski definition) is 3. The van der Waals surface area contributed by atoms with Crippen LogP contribution in [0, 0.1) is 5.82 Å². The molecule has 1 aromatic carbocycles. The maximum atomic E-state index is 13.2. The van der Waals surface area contributed by atoms with Crippen LogP contribution in [-0.4, -0.2) is 29.0 Å². The number of imidazole rings is 1. The van der Waals surface area contributed by atoms with Gasteiger partial charge in [-0.15, -0.1) is 0 Å². The quantitative estimate of drug-likeness (QED) is 0.825. The summed E-state index contributed by atoms with van der Waals surface area (Å²) >= 11 is 0. The smallest absolute Gasteiger partial charge is 0.257 e. The molecule has 1 aromatic heterocycles. The van der Waals surface area contributed by atoms with Crippen molar-refractivity contribution in [1.29, 1.82) is 0 Å². The van der Waals surface area contributed by atoms with Gasteiger partial charge in [0.15, 0.2) is 18.2 Å². The fraction of sp³-hybridized carbons (Fsp3) is 0.231. The number of para-hydroxylation sites is 1. The molecule has 1 amide bonds. The van der Waals surface area contributed by atoms with Gasteiger partial charge in [0.25, 0.3) is 5.91 Å². The lowest BCUT2D eigenvalue weighted by Gasteiger charge is -2.07. The van der Waals surface area contributed by atoms with Crippen molar-refractivity contribution in [3.8, 4) is 5.75 Å². The minimum Gasteiger partial charge on any atom is -0.481 e. The summed E-state index contributed by atoms with van der Waals surface area (Å²) in [5.74, 6) is 0.0969. The van der Waals surface area contributed by atoms with Gasteiger partial charge < -0.3 is 15.0 Å². The lowest BCUT2D eigenvalue weighted by Crippen LogP contribution is -2.30. The minimum atomic E-state index is -0.481. The number of amides is 1. The molecule has 6 heteroatoms. The largest absolute Gasteiger partial charge is 0.481 e. The van der Waals surface area contributed by atoms with E-state index in [9.17, 15) is 9.18 Å². The number of rotatable bonds is 6. The molecule has 5 nitrogen and oxygen atoms in total. The summed E-state index contributed by atoms with van der Waals surface area (Å²) in [5, 5.41) is 2.66. The second-order valence-electron chi connectivity index (χ2n) is 3.85. The third-order valence-electron chi connectivity index (χ3n) is 2.43. The lowest BCUT2D eigenvalue weighted by atomic mass is 10.3. The van der Waals surface area contributed by atoms with Gasteiger partial charge in [-0.05, 0) is 12.1 Å². The standard InChI is InChI=1S/C13H14FN3O2/c14-10-3-1-2-4-11(10)19-9-13(18)17-6-5-12-15-7-8-16-12/h1-4,7-8H,5-6,9H2,(H,15,16)(H,17,18). The highest BCUT2D eigenvalue weighted by atomic mass is 19.1. The summed E-state index contributed by atoms with van der Waals surface area (Å²) in [4.78, 5) is 18.4. The normalized spacial score (nSPS) is 10.2. The molecule has 0 spiro atoms. The van der Waals surface area contributed by atoms with E-state index >= 15 is 0 Å². The van der Waals surface area contributed by atoms with Gasteiger partial charge in [0.1, 0.15) is 5.82 Å². The Morgan fingerprint density at radius 1 is 1.42 bits per heavy atom. The average Bonchev–Trinajstić information content (AvgIpc) is 2.91. The Bertz CT molecular complexity index is 528. The first-order valence-electron chi connectivity index (χ1n) is 5.88. The van der Waals surface area contributed by atoms with E-state index in [1.807, 2.05) is 0 Å². The highest BCUT2D eigenvalue weighted by molar-refractivity contribution is 5.77. The van der Waals surface area contributed by atoms with Gasteiger partial charge in [-0.2, -0.15) is 0 Å². The topological polar surface area (TPSA) is 67.0 Å². The second kappa shape index (κ2) is 6.53. The van der Waals surface area contributed by atoms with Crippen LogP contribution in [0.15, 0.2) is 36.7 Å². The first kappa shape index (κ1) is 13.1. The van der Waals surface area contributed by atoms with E-state index in [0.717, 1.165) is 5.82 Å². The van der Waals surface area contributed by atoms with Crippen LogP contribution in [0.5, 0.6) is 5.75 Å². The zero-order valence-corrected chi connectivity index (χ0v) is 10.2. The summed E-state index contributed by atoms with van der Waals surface area (Å²) in [6.07, 6.45) is 3.98. The van der Waals surface area contributed by atoms with E-state index < -0.39 is 5.82 Å². The van der Waals surface area contributed by atoms with Gasteiger partial charge in [-0.1, -0.05) is 12.1 Å². The fourth-order valence-corrected chi connectivity index (χ4v) is 1.51. The Morgan fingerprint density at radius 3 is 3.00 bits per heavy atom. The SMILES string of the molecule is O=C(COc1ccccc1F)NCCc1ncc[nH]1. The van der Waals surface area contributed by atoms with Crippen molar-refractivity contribution in [2.24, 2.45) is 0 Å². The molecule has 19 heavy (non-hydrogen) atoms. The molecular formula is C13H14FN3O2. The number of nitrogens with zero attached hydrogens (tertiary/aromatic N) is 1. The van der Waals surface area contributed by atoms with E-state index in [4.69, 9.17) is 4.74 Å². The Labute approximate surface area is 109 Å². The van der Waals surface area contributed by atoms with Crippen LogP contribution in [0.1, 0.15) is 5.82 Å². The third-order valence-corrected chi connectivity index (χ3v) is 2.43. The van der Waals surface area contributed by atoms with E-state index in [1.165, 1.54) is 12.1 Å².